The SMILES string of the molecule is CC1(C)C[C@H](c2ccn3c(C4(c5noc(=O)[nH]5)CC4)c(C(=O)O)cc3c2)CCO1. The summed E-state index contributed by atoms with van der Waals surface area (Å²) < 4.78 is 12.4. The number of nitrogens with one attached hydrogen (secondary N) is 1. The Morgan fingerprint density at radius 2 is 2.14 bits per heavy atom. The molecule has 1 saturated heterocycles. The van der Waals surface area contributed by atoms with Gasteiger partial charge in [0.1, 0.15) is 0 Å². The fourth-order valence-corrected chi connectivity index (χ4v) is 4.76. The average Bonchev–Trinajstić information content (AvgIpc) is 3.17. The smallest absolute Gasteiger partial charge is 0.438 e. The van der Waals surface area contributed by atoms with Gasteiger partial charge in [0.25, 0.3) is 0 Å². The van der Waals surface area contributed by atoms with Gasteiger partial charge in [-0.3, -0.25) is 9.51 Å². The molecule has 29 heavy (non-hydrogen) atoms. The molecule has 0 aromatic carbocycles. The van der Waals surface area contributed by atoms with Crippen LogP contribution in [0, 0.1) is 0 Å². The molecule has 3 aromatic heterocycles. The number of hydrogen-bond donors (Lipinski definition) is 2. The van der Waals surface area contributed by atoms with Crippen LogP contribution < -0.4 is 5.76 Å². The number of H-pyrrole nitrogens is 1. The summed E-state index contributed by atoms with van der Waals surface area (Å²) in [6, 6.07) is 5.85. The van der Waals surface area contributed by atoms with Gasteiger partial charge >= 0.3 is 11.7 Å². The zero-order valence-corrected chi connectivity index (χ0v) is 16.4. The van der Waals surface area contributed by atoms with Crippen molar-refractivity contribution in [2.75, 3.05) is 6.61 Å². The number of aromatic carboxylic acids is 1. The number of nitrogens with zero attached hydrogens (tertiary/aromatic N) is 2. The number of carboxylic acid groups (broad SMARTS) is 1. The van der Waals surface area contributed by atoms with E-state index in [9.17, 15) is 14.7 Å². The second kappa shape index (κ2) is 6.06. The molecule has 2 aliphatic rings. The molecule has 152 valence electrons. The molecule has 8 heteroatoms. The Hall–Kier alpha value is -2.87. The summed E-state index contributed by atoms with van der Waals surface area (Å²) in [4.78, 5) is 26.1. The highest BCUT2D eigenvalue weighted by atomic mass is 16.5. The van der Waals surface area contributed by atoms with Crippen molar-refractivity contribution in [2.45, 2.75) is 56.5 Å². The number of aromatic nitrogens is 3. The van der Waals surface area contributed by atoms with Crippen LogP contribution in [-0.4, -0.2) is 37.8 Å². The molecule has 0 amide bonds. The molecule has 0 spiro atoms. The zero-order valence-electron chi connectivity index (χ0n) is 16.4. The highest BCUT2D eigenvalue weighted by Crippen LogP contribution is 2.53. The minimum absolute atomic E-state index is 0.161. The van der Waals surface area contributed by atoms with Crippen molar-refractivity contribution >= 4 is 11.5 Å². The van der Waals surface area contributed by atoms with E-state index in [0.29, 0.717) is 30.3 Å². The molecule has 2 N–H and O–H groups in total. The van der Waals surface area contributed by atoms with Crippen LogP contribution in [0.4, 0.5) is 0 Å². The number of carboxylic acids is 1. The maximum atomic E-state index is 12.0. The van der Waals surface area contributed by atoms with Crippen molar-refractivity contribution in [3.8, 4) is 0 Å². The van der Waals surface area contributed by atoms with Gasteiger partial charge in [0.15, 0.2) is 5.82 Å². The maximum absolute atomic E-state index is 12.0. The Kier molecular flexibility index (Phi) is 3.80. The molecule has 4 heterocycles. The Labute approximate surface area is 166 Å². The first-order valence-electron chi connectivity index (χ1n) is 9.88. The van der Waals surface area contributed by atoms with Gasteiger partial charge < -0.3 is 14.2 Å². The van der Waals surface area contributed by atoms with E-state index in [1.165, 1.54) is 5.56 Å². The zero-order chi connectivity index (χ0) is 20.4. The maximum Gasteiger partial charge on any atom is 0.438 e. The lowest BCUT2D eigenvalue weighted by molar-refractivity contribution is -0.0593. The van der Waals surface area contributed by atoms with Crippen LogP contribution in [0.1, 0.15) is 72.9 Å². The predicted molar refractivity (Wildman–Crippen MR) is 104 cm³/mol. The lowest BCUT2D eigenvalue weighted by atomic mass is 9.84. The van der Waals surface area contributed by atoms with Crippen molar-refractivity contribution in [3.63, 3.8) is 0 Å². The van der Waals surface area contributed by atoms with Crippen molar-refractivity contribution in [2.24, 2.45) is 0 Å². The molecule has 0 bridgehead atoms. The van der Waals surface area contributed by atoms with Crippen LogP contribution in [0.3, 0.4) is 0 Å². The molecule has 0 radical (unpaired) electrons. The first kappa shape index (κ1) is 18.2. The molecule has 1 saturated carbocycles. The molecule has 0 unspecified atom stereocenters. The van der Waals surface area contributed by atoms with Gasteiger partial charge in [-0.1, -0.05) is 5.16 Å². The Balaban J connectivity index is 1.63. The number of aromatic amines is 1. The molecule has 2 fully saturated rings. The third-order valence-electron chi connectivity index (χ3n) is 6.29. The number of rotatable bonds is 4. The molecular weight excluding hydrogens is 374 g/mol. The summed E-state index contributed by atoms with van der Waals surface area (Å²) in [6.45, 7) is 4.92. The van der Waals surface area contributed by atoms with Gasteiger partial charge in [-0.15, -0.1) is 0 Å². The lowest BCUT2D eigenvalue weighted by Crippen LogP contribution is -2.33. The third kappa shape index (κ3) is 2.90. The summed E-state index contributed by atoms with van der Waals surface area (Å²) in [5, 5.41) is 13.7. The van der Waals surface area contributed by atoms with Gasteiger partial charge in [-0.2, -0.15) is 0 Å². The fourth-order valence-electron chi connectivity index (χ4n) is 4.76. The Morgan fingerprint density at radius 3 is 2.76 bits per heavy atom. The number of fused-ring (bicyclic) bond motifs is 1. The summed E-state index contributed by atoms with van der Waals surface area (Å²) in [5.41, 5.74) is 2.10. The normalized spacial score (nSPS) is 22.6. The summed E-state index contributed by atoms with van der Waals surface area (Å²) >= 11 is 0. The van der Waals surface area contributed by atoms with Crippen molar-refractivity contribution in [1.29, 1.82) is 0 Å². The minimum Gasteiger partial charge on any atom is -0.478 e. The number of pyridine rings is 1. The van der Waals surface area contributed by atoms with Crippen LogP contribution in [0.25, 0.3) is 5.52 Å². The van der Waals surface area contributed by atoms with E-state index in [1.807, 2.05) is 10.6 Å². The van der Waals surface area contributed by atoms with E-state index in [2.05, 4.69) is 40.6 Å². The van der Waals surface area contributed by atoms with Crippen LogP contribution in [-0.2, 0) is 10.2 Å². The highest BCUT2D eigenvalue weighted by molar-refractivity contribution is 5.92. The van der Waals surface area contributed by atoms with Gasteiger partial charge in [0, 0.05) is 18.3 Å². The van der Waals surface area contributed by atoms with Crippen molar-refractivity contribution in [3.05, 3.63) is 57.6 Å². The van der Waals surface area contributed by atoms with E-state index < -0.39 is 17.1 Å². The summed E-state index contributed by atoms with van der Waals surface area (Å²) in [5.74, 6) is -0.861. The number of hydrogen-bond acceptors (Lipinski definition) is 5. The van der Waals surface area contributed by atoms with Crippen molar-refractivity contribution in [1.82, 2.24) is 14.5 Å². The van der Waals surface area contributed by atoms with Gasteiger partial charge in [0.05, 0.1) is 22.3 Å². The van der Waals surface area contributed by atoms with Crippen LogP contribution >= 0.6 is 0 Å². The molecule has 8 nitrogen and oxygen atoms in total. The topological polar surface area (TPSA) is 110 Å². The summed E-state index contributed by atoms with van der Waals surface area (Å²) in [7, 11) is 0. The average molecular weight is 397 g/mol. The third-order valence-corrected chi connectivity index (χ3v) is 6.29. The molecule has 5 rings (SSSR count). The standard InChI is InChI=1S/C21H23N3O5/c1-20(2)11-13(4-8-28-20)12-3-7-24-14(9-12)10-15(17(25)26)16(24)21(5-6-21)18-22-19(27)29-23-18/h3,7,9-10,13H,4-6,8,11H2,1-2H3,(H,25,26)(H,22,23,27)/t13-/m1/s1. The Bertz CT molecular complexity index is 1160. The summed E-state index contributed by atoms with van der Waals surface area (Å²) in [6.07, 6.45) is 5.22. The van der Waals surface area contributed by atoms with Gasteiger partial charge in [-0.05, 0) is 69.2 Å². The number of carbonyl (C=O) groups is 1. The van der Waals surface area contributed by atoms with Crippen LogP contribution in [0.2, 0.25) is 0 Å². The fraction of sp³-hybridized carbons (Fsp3) is 0.476. The second-order valence-corrected chi connectivity index (χ2v) is 8.79. The highest BCUT2D eigenvalue weighted by Gasteiger charge is 2.53. The van der Waals surface area contributed by atoms with E-state index in [4.69, 9.17) is 4.74 Å². The molecule has 3 aromatic rings. The molecular formula is C21H23N3O5. The van der Waals surface area contributed by atoms with Gasteiger partial charge in [-0.25, -0.2) is 9.59 Å². The van der Waals surface area contributed by atoms with E-state index in [0.717, 1.165) is 25.0 Å². The first-order chi connectivity index (χ1) is 13.8. The molecule has 1 aliphatic heterocycles. The number of ether oxygens (including phenoxy) is 1. The van der Waals surface area contributed by atoms with Crippen LogP contribution in [0.5, 0.6) is 0 Å². The quantitative estimate of drug-likeness (QED) is 0.700. The predicted octanol–water partition coefficient (Wildman–Crippen LogP) is 3.07. The first-order valence-corrected chi connectivity index (χ1v) is 9.88. The molecule has 1 aliphatic carbocycles. The van der Waals surface area contributed by atoms with Gasteiger partial charge in [0.2, 0.25) is 0 Å². The Morgan fingerprint density at radius 1 is 1.34 bits per heavy atom. The monoisotopic (exact) mass is 397 g/mol. The molecule has 1 atom stereocenters. The second-order valence-electron chi connectivity index (χ2n) is 8.79. The van der Waals surface area contributed by atoms with E-state index in [-0.39, 0.29) is 11.2 Å². The largest absolute Gasteiger partial charge is 0.478 e. The van der Waals surface area contributed by atoms with E-state index in [1.54, 1.807) is 6.07 Å². The van der Waals surface area contributed by atoms with Crippen molar-refractivity contribution < 1.29 is 19.2 Å². The van der Waals surface area contributed by atoms with E-state index >= 15 is 0 Å². The lowest BCUT2D eigenvalue weighted by Gasteiger charge is -2.35. The minimum atomic E-state index is -0.991. The van der Waals surface area contributed by atoms with Crippen LogP contribution in [0.15, 0.2) is 33.7 Å².